The number of carbonyl (C=O) groups is 1. The van der Waals surface area contributed by atoms with Crippen molar-refractivity contribution in [1.82, 2.24) is 34.6 Å². The molecule has 1 amide bonds. The van der Waals surface area contributed by atoms with Crippen molar-refractivity contribution in [3.63, 3.8) is 0 Å². The number of hydrogen-bond donors (Lipinski definition) is 1. The topological polar surface area (TPSA) is 108 Å². The summed E-state index contributed by atoms with van der Waals surface area (Å²) in [5, 5.41) is 11.3. The minimum atomic E-state index is -1.14. The number of morpholine rings is 1. The zero-order valence-electron chi connectivity index (χ0n) is 22.0. The monoisotopic (exact) mass is 553 g/mol. The molecule has 4 aromatic rings. The molecular formula is C27H29F2N7O4. The highest BCUT2D eigenvalue weighted by molar-refractivity contribution is 5.96. The van der Waals surface area contributed by atoms with Gasteiger partial charge in [-0.3, -0.25) is 14.4 Å². The number of halogens is 2. The van der Waals surface area contributed by atoms with Crippen LogP contribution in [-0.2, 0) is 16.0 Å². The standard InChI is InChI=1S/C27H29F2N7O4/c1-30-26(37)17-10-20(24(29)23(28)11-17)21-13-32-36-15-22(27(33-25(21)36)40-19-2-7-39-16-19)18-12-31-35(14-18)4-3-34-5-8-38-9-6-34/h10-15,19H,2-9,16H2,1H3,(H,30,37). The van der Waals surface area contributed by atoms with Crippen LogP contribution >= 0.6 is 0 Å². The first-order chi connectivity index (χ1) is 19.5. The molecule has 0 saturated carbocycles. The molecule has 40 heavy (non-hydrogen) atoms. The fourth-order valence-corrected chi connectivity index (χ4v) is 4.89. The van der Waals surface area contributed by atoms with Crippen LogP contribution in [-0.4, -0.2) is 94.4 Å². The Labute approximate surface area is 228 Å². The van der Waals surface area contributed by atoms with E-state index in [4.69, 9.17) is 19.2 Å². The molecule has 1 atom stereocenters. The number of carbonyl (C=O) groups excluding carboxylic acids is 1. The van der Waals surface area contributed by atoms with E-state index >= 15 is 0 Å². The Kier molecular flexibility index (Phi) is 7.41. The van der Waals surface area contributed by atoms with Crippen LogP contribution in [0.15, 0.2) is 36.9 Å². The van der Waals surface area contributed by atoms with Gasteiger partial charge >= 0.3 is 0 Å². The number of rotatable bonds is 8. The number of fused-ring (bicyclic) bond motifs is 1. The van der Waals surface area contributed by atoms with Crippen LogP contribution < -0.4 is 10.1 Å². The molecule has 1 N–H and O–H groups in total. The average molecular weight is 554 g/mol. The molecule has 0 bridgehead atoms. The SMILES string of the molecule is CNC(=O)c1cc(F)c(F)c(-c2cnn3cc(-c4cnn(CCN5CCOCC5)c4)c(OC4CCOC4)nc23)c1. The molecular weight excluding hydrogens is 524 g/mol. The van der Waals surface area contributed by atoms with Gasteiger partial charge < -0.3 is 19.5 Å². The Morgan fingerprint density at radius 2 is 1.90 bits per heavy atom. The van der Waals surface area contributed by atoms with Crippen molar-refractivity contribution >= 4 is 11.6 Å². The van der Waals surface area contributed by atoms with Crippen LogP contribution in [0.4, 0.5) is 8.78 Å². The maximum Gasteiger partial charge on any atom is 0.251 e. The lowest BCUT2D eigenvalue weighted by Gasteiger charge is -2.26. The van der Waals surface area contributed by atoms with Gasteiger partial charge in [-0.05, 0) is 12.1 Å². The van der Waals surface area contributed by atoms with Crippen LogP contribution in [0.3, 0.4) is 0 Å². The lowest BCUT2D eigenvalue weighted by Crippen LogP contribution is -2.38. The molecule has 2 fully saturated rings. The molecule has 5 heterocycles. The maximum atomic E-state index is 15.0. The van der Waals surface area contributed by atoms with Crippen molar-refractivity contribution in [1.29, 1.82) is 0 Å². The first kappa shape index (κ1) is 26.3. The number of benzene rings is 1. The van der Waals surface area contributed by atoms with Gasteiger partial charge in [-0.15, -0.1) is 0 Å². The largest absolute Gasteiger partial charge is 0.471 e. The molecule has 0 aliphatic carbocycles. The average Bonchev–Trinajstić information content (AvgIpc) is 3.75. The van der Waals surface area contributed by atoms with E-state index in [0.29, 0.717) is 37.6 Å². The van der Waals surface area contributed by atoms with E-state index in [1.807, 2.05) is 10.9 Å². The lowest BCUT2D eigenvalue weighted by atomic mass is 10.0. The van der Waals surface area contributed by atoms with Crippen LogP contribution in [0.1, 0.15) is 16.8 Å². The fourth-order valence-electron chi connectivity index (χ4n) is 4.89. The van der Waals surface area contributed by atoms with Gasteiger partial charge in [0, 0.05) is 67.8 Å². The van der Waals surface area contributed by atoms with Crippen LogP contribution in [0.5, 0.6) is 5.88 Å². The van der Waals surface area contributed by atoms with Gasteiger partial charge in [0.2, 0.25) is 5.88 Å². The molecule has 13 heteroatoms. The summed E-state index contributed by atoms with van der Waals surface area (Å²) in [6.45, 7) is 5.83. The number of amides is 1. The van der Waals surface area contributed by atoms with Crippen molar-refractivity contribution in [2.45, 2.75) is 19.1 Å². The minimum absolute atomic E-state index is 0.0172. The van der Waals surface area contributed by atoms with E-state index in [1.165, 1.54) is 23.8 Å². The Bertz CT molecular complexity index is 1530. The fraction of sp³-hybridized carbons (Fsp3) is 0.407. The predicted octanol–water partition coefficient (Wildman–Crippen LogP) is 2.40. The Morgan fingerprint density at radius 1 is 1.05 bits per heavy atom. The van der Waals surface area contributed by atoms with E-state index in [0.717, 1.165) is 44.5 Å². The third-order valence-corrected chi connectivity index (χ3v) is 7.13. The van der Waals surface area contributed by atoms with Crippen molar-refractivity contribution in [3.8, 4) is 28.1 Å². The molecule has 11 nitrogen and oxygen atoms in total. The molecule has 2 aliphatic heterocycles. The molecule has 1 aromatic carbocycles. The number of aromatic nitrogens is 5. The molecule has 2 saturated heterocycles. The molecule has 2 aliphatic rings. The Morgan fingerprint density at radius 3 is 2.67 bits per heavy atom. The van der Waals surface area contributed by atoms with Gasteiger partial charge in [0.05, 0.1) is 50.9 Å². The zero-order chi connectivity index (χ0) is 27.6. The van der Waals surface area contributed by atoms with Crippen molar-refractivity contribution < 1.29 is 27.8 Å². The third-order valence-electron chi connectivity index (χ3n) is 7.13. The van der Waals surface area contributed by atoms with Gasteiger partial charge in [0.1, 0.15) is 6.10 Å². The molecule has 0 radical (unpaired) electrons. The van der Waals surface area contributed by atoms with Crippen molar-refractivity contribution in [3.05, 3.63) is 54.1 Å². The quantitative estimate of drug-likeness (QED) is 0.355. The number of hydrogen-bond acceptors (Lipinski definition) is 8. The summed E-state index contributed by atoms with van der Waals surface area (Å²) in [5.74, 6) is -2.47. The number of nitrogens with one attached hydrogen (secondary N) is 1. The third kappa shape index (κ3) is 5.27. The summed E-state index contributed by atoms with van der Waals surface area (Å²) in [5.41, 5.74) is 1.77. The van der Waals surface area contributed by atoms with Crippen LogP contribution in [0.2, 0.25) is 0 Å². The van der Waals surface area contributed by atoms with E-state index in [2.05, 4.69) is 20.4 Å². The molecule has 6 rings (SSSR count). The van der Waals surface area contributed by atoms with E-state index < -0.39 is 17.5 Å². The smallest absolute Gasteiger partial charge is 0.251 e. The Balaban J connectivity index is 1.37. The minimum Gasteiger partial charge on any atom is -0.471 e. The van der Waals surface area contributed by atoms with Crippen LogP contribution in [0.25, 0.3) is 27.9 Å². The number of nitrogens with zero attached hydrogens (tertiary/aromatic N) is 6. The summed E-state index contributed by atoms with van der Waals surface area (Å²) < 4.78 is 50.0. The molecule has 210 valence electrons. The lowest BCUT2D eigenvalue weighted by molar-refractivity contribution is 0.0360. The highest BCUT2D eigenvalue weighted by atomic mass is 19.2. The summed E-state index contributed by atoms with van der Waals surface area (Å²) >= 11 is 0. The predicted molar refractivity (Wildman–Crippen MR) is 140 cm³/mol. The summed E-state index contributed by atoms with van der Waals surface area (Å²) in [6, 6.07) is 2.15. The first-order valence-corrected chi connectivity index (χ1v) is 13.2. The normalized spacial score (nSPS) is 17.9. The second-order valence-corrected chi connectivity index (χ2v) is 9.73. The van der Waals surface area contributed by atoms with Gasteiger partial charge in [-0.1, -0.05) is 0 Å². The van der Waals surface area contributed by atoms with Gasteiger partial charge in [-0.25, -0.2) is 13.3 Å². The molecule has 3 aromatic heterocycles. The Hall–Kier alpha value is -3.94. The summed E-state index contributed by atoms with van der Waals surface area (Å²) in [7, 11) is 1.42. The molecule has 0 spiro atoms. The molecule has 1 unspecified atom stereocenters. The van der Waals surface area contributed by atoms with E-state index in [-0.39, 0.29) is 28.4 Å². The van der Waals surface area contributed by atoms with Crippen LogP contribution in [0, 0.1) is 11.6 Å². The zero-order valence-corrected chi connectivity index (χ0v) is 22.0. The summed E-state index contributed by atoms with van der Waals surface area (Å²) in [4.78, 5) is 19.2. The van der Waals surface area contributed by atoms with E-state index in [9.17, 15) is 13.6 Å². The summed E-state index contributed by atoms with van der Waals surface area (Å²) in [6.07, 6.45) is 7.29. The number of ether oxygens (including phenoxy) is 3. The van der Waals surface area contributed by atoms with E-state index in [1.54, 1.807) is 12.4 Å². The maximum absolute atomic E-state index is 15.0. The second-order valence-electron chi connectivity index (χ2n) is 9.73. The highest BCUT2D eigenvalue weighted by Crippen LogP contribution is 2.34. The van der Waals surface area contributed by atoms with Gasteiger partial charge in [0.25, 0.3) is 5.91 Å². The first-order valence-electron chi connectivity index (χ1n) is 13.2. The van der Waals surface area contributed by atoms with Gasteiger partial charge in [-0.2, -0.15) is 15.2 Å². The van der Waals surface area contributed by atoms with Crippen molar-refractivity contribution in [2.75, 3.05) is 53.1 Å². The van der Waals surface area contributed by atoms with Crippen molar-refractivity contribution in [2.24, 2.45) is 0 Å². The second kappa shape index (κ2) is 11.3. The van der Waals surface area contributed by atoms with Gasteiger partial charge in [0.15, 0.2) is 17.3 Å². The highest BCUT2D eigenvalue weighted by Gasteiger charge is 2.24.